The van der Waals surface area contributed by atoms with Crippen LogP contribution in [0.25, 0.3) is 4.98 Å². The third-order valence-corrected chi connectivity index (χ3v) is 3.40. The molecule has 0 bridgehead atoms. The molecule has 0 radical (unpaired) electrons. The molecule has 0 saturated carbocycles. The van der Waals surface area contributed by atoms with Crippen LogP contribution < -0.4 is 0 Å². The number of aliphatic hydroxyl groups excluding tert-OH is 1. The normalized spacial score (nSPS) is 24.0. The molecule has 4 nitrogen and oxygen atoms in total. The van der Waals surface area contributed by atoms with Gasteiger partial charge in [0.2, 0.25) is 5.39 Å². The van der Waals surface area contributed by atoms with E-state index in [0.29, 0.717) is 12.0 Å². The van der Waals surface area contributed by atoms with Crippen LogP contribution >= 0.6 is 0 Å². The molecule has 0 fully saturated rings. The average Bonchev–Trinajstić information content (AvgIpc) is 2.35. The number of fused-ring (bicyclic) bond motifs is 1. The van der Waals surface area contributed by atoms with E-state index >= 15 is 0 Å². The van der Waals surface area contributed by atoms with E-state index in [1.807, 2.05) is 12.1 Å². The van der Waals surface area contributed by atoms with E-state index in [2.05, 4.69) is 4.98 Å². The van der Waals surface area contributed by atoms with Gasteiger partial charge in [0.25, 0.3) is 0 Å². The van der Waals surface area contributed by atoms with Gasteiger partial charge in [-0.3, -0.25) is 4.79 Å². The summed E-state index contributed by atoms with van der Waals surface area (Å²) in [7, 11) is 0. The van der Waals surface area contributed by atoms with Gasteiger partial charge < -0.3 is 5.11 Å². The zero-order valence-electron chi connectivity index (χ0n) is 9.55. The minimum Gasteiger partial charge on any atom is -0.505 e. The first-order chi connectivity index (χ1) is 8.09. The molecule has 0 amide bonds. The quantitative estimate of drug-likeness (QED) is 0.594. The van der Waals surface area contributed by atoms with Gasteiger partial charge in [0, 0.05) is 5.56 Å². The lowest BCUT2D eigenvalue weighted by molar-refractivity contribution is 0.0771. The highest BCUT2D eigenvalue weighted by Crippen LogP contribution is 2.39. The summed E-state index contributed by atoms with van der Waals surface area (Å²) in [6.45, 7) is 1.67. The Bertz CT molecular complexity index is 543. The summed E-state index contributed by atoms with van der Waals surface area (Å²) in [5.41, 5.74) is 0.656. The second-order valence-corrected chi connectivity index (χ2v) is 4.45. The Morgan fingerprint density at radius 1 is 1.53 bits per heavy atom. The lowest BCUT2D eigenvalue weighted by atomic mass is 9.71. The molecule has 1 aromatic rings. The van der Waals surface area contributed by atoms with Crippen molar-refractivity contribution in [3.8, 4) is 0 Å². The van der Waals surface area contributed by atoms with Crippen LogP contribution in [0.1, 0.15) is 29.3 Å². The molecule has 17 heavy (non-hydrogen) atoms. The topological polar surface area (TPSA) is 65.4 Å². The number of allylic oxidation sites excluding steroid dienone is 1. The molecule has 1 aromatic carbocycles. The number of carbonyl (C=O) groups is 1. The Morgan fingerprint density at radius 3 is 2.94 bits per heavy atom. The van der Waals surface area contributed by atoms with Crippen molar-refractivity contribution in [2.45, 2.75) is 19.8 Å². The van der Waals surface area contributed by atoms with Crippen molar-refractivity contribution in [2.24, 2.45) is 5.41 Å². The highest BCUT2D eigenvalue weighted by Gasteiger charge is 2.43. The molecule has 2 rings (SSSR count). The van der Waals surface area contributed by atoms with Crippen LogP contribution in [0, 0.1) is 10.8 Å². The maximum Gasteiger partial charge on any atom is 0.388 e. The molecule has 4 heteroatoms. The van der Waals surface area contributed by atoms with Gasteiger partial charge in [-0.05, 0) is 25.3 Å². The molecular weight excluding hydrogens is 216 g/mol. The largest absolute Gasteiger partial charge is 0.505 e. The summed E-state index contributed by atoms with van der Waals surface area (Å²) in [6, 6.07) is 7.38. The summed E-state index contributed by atoms with van der Waals surface area (Å²) in [5, 5.41) is 18.3. The van der Waals surface area contributed by atoms with Crippen molar-refractivity contribution in [1.82, 2.24) is 0 Å². The molecule has 0 heterocycles. The predicted octanol–water partition coefficient (Wildman–Crippen LogP) is 3.07. The van der Waals surface area contributed by atoms with Crippen molar-refractivity contribution in [3.05, 3.63) is 52.3 Å². The molecular formula is C13H13N2O2+. The fraction of sp³-hybridized carbons (Fsp3) is 0.308. The van der Waals surface area contributed by atoms with Crippen LogP contribution in [0.3, 0.4) is 0 Å². The van der Waals surface area contributed by atoms with Crippen LogP contribution in [-0.4, -0.2) is 10.9 Å². The molecule has 1 aliphatic rings. The third-order valence-electron chi connectivity index (χ3n) is 3.40. The lowest BCUT2D eigenvalue weighted by Gasteiger charge is -2.30. The fourth-order valence-electron chi connectivity index (χ4n) is 2.20. The molecule has 86 valence electrons. The van der Waals surface area contributed by atoms with Crippen LogP contribution in [0.5, 0.6) is 0 Å². The Labute approximate surface area is 99.2 Å². The smallest absolute Gasteiger partial charge is 0.388 e. The summed E-state index contributed by atoms with van der Waals surface area (Å²) in [4.78, 5) is 15.1. The van der Waals surface area contributed by atoms with E-state index < -0.39 is 5.41 Å². The minimum absolute atomic E-state index is 0.128. The Hall–Kier alpha value is -2.15. The number of benzene rings is 1. The number of hydrogen-bond acceptors (Lipinski definition) is 3. The van der Waals surface area contributed by atoms with E-state index in [1.54, 1.807) is 19.1 Å². The zero-order chi connectivity index (χ0) is 12.5. The number of carbonyl (C=O) groups excluding carboxylic acids is 1. The van der Waals surface area contributed by atoms with Gasteiger partial charge >= 0.3 is 6.20 Å². The first kappa shape index (κ1) is 11.3. The first-order valence-corrected chi connectivity index (χ1v) is 5.46. The number of hydrogen-bond donors (Lipinski definition) is 1. The number of rotatable bonds is 1. The summed E-state index contributed by atoms with van der Waals surface area (Å²) in [5.74, 6) is -0.323. The molecule has 1 atom stereocenters. The van der Waals surface area contributed by atoms with Crippen molar-refractivity contribution in [3.63, 3.8) is 0 Å². The van der Waals surface area contributed by atoms with Crippen LogP contribution in [0.2, 0.25) is 0 Å². The van der Waals surface area contributed by atoms with E-state index in [0.717, 1.165) is 18.2 Å². The van der Waals surface area contributed by atoms with Gasteiger partial charge in [-0.15, -0.1) is 0 Å². The van der Waals surface area contributed by atoms with E-state index in [-0.39, 0.29) is 11.5 Å². The standard InChI is InChI=1S/C13H12N2O2/c1-13(11(16)8-15-14)7-6-9-4-2-3-5-10(9)12(13)17/h2-5,8H,6-7H2,1H3/p+1/b11-8-. The van der Waals surface area contributed by atoms with Gasteiger partial charge in [0.1, 0.15) is 0 Å². The number of aryl methyl sites for hydroxylation is 1. The van der Waals surface area contributed by atoms with Gasteiger partial charge in [-0.1, -0.05) is 24.3 Å². The van der Waals surface area contributed by atoms with Crippen LogP contribution in [0.15, 0.2) is 36.2 Å². The molecule has 0 aromatic heterocycles. The molecule has 0 aliphatic heterocycles. The van der Waals surface area contributed by atoms with Gasteiger partial charge in [-0.2, -0.15) is 0 Å². The molecule has 1 unspecified atom stereocenters. The van der Waals surface area contributed by atoms with Gasteiger partial charge in [0.05, 0.1) is 5.41 Å². The number of ketones is 1. The highest BCUT2D eigenvalue weighted by atomic mass is 16.3. The summed E-state index contributed by atoms with van der Waals surface area (Å²) < 4.78 is 0. The second kappa shape index (κ2) is 4.02. The van der Waals surface area contributed by atoms with Crippen LogP contribution in [0.4, 0.5) is 0 Å². The molecule has 1 aliphatic carbocycles. The first-order valence-electron chi connectivity index (χ1n) is 5.46. The number of nitrogens with zero attached hydrogens (tertiary/aromatic N) is 2. The fourth-order valence-corrected chi connectivity index (χ4v) is 2.20. The molecule has 0 spiro atoms. The second-order valence-electron chi connectivity index (χ2n) is 4.45. The zero-order valence-corrected chi connectivity index (χ0v) is 9.55. The van der Waals surface area contributed by atoms with Crippen molar-refractivity contribution in [1.29, 1.82) is 5.39 Å². The summed E-state index contributed by atoms with van der Waals surface area (Å²) >= 11 is 0. The van der Waals surface area contributed by atoms with Crippen molar-refractivity contribution >= 4 is 5.78 Å². The highest BCUT2D eigenvalue weighted by molar-refractivity contribution is 6.04. The lowest BCUT2D eigenvalue weighted by Crippen LogP contribution is -2.35. The molecule has 1 N–H and O–H groups in total. The van der Waals surface area contributed by atoms with E-state index in [4.69, 9.17) is 5.39 Å². The van der Waals surface area contributed by atoms with E-state index in [1.165, 1.54) is 0 Å². The number of diazo groups is 1. The van der Waals surface area contributed by atoms with Gasteiger partial charge in [0.15, 0.2) is 16.5 Å². The van der Waals surface area contributed by atoms with Crippen LogP contribution in [-0.2, 0) is 6.42 Å². The van der Waals surface area contributed by atoms with E-state index in [9.17, 15) is 9.90 Å². The maximum absolute atomic E-state index is 12.3. The predicted molar refractivity (Wildman–Crippen MR) is 63.0 cm³/mol. The third kappa shape index (κ3) is 1.70. The monoisotopic (exact) mass is 229 g/mol. The SMILES string of the molecule is CC1(/C(O)=C/[N+]#N)CCc2ccccc2C1=O. The van der Waals surface area contributed by atoms with Crippen molar-refractivity contribution in [2.75, 3.05) is 0 Å². The maximum atomic E-state index is 12.3. The van der Waals surface area contributed by atoms with Crippen molar-refractivity contribution < 1.29 is 9.90 Å². The number of aliphatic hydroxyl groups is 1. The number of Topliss-reactive ketones (excluding diaryl/α,β-unsaturated/α-hetero) is 1. The summed E-state index contributed by atoms with van der Waals surface area (Å²) in [6.07, 6.45) is 2.16. The Balaban J connectivity index is 2.48. The Morgan fingerprint density at radius 2 is 2.24 bits per heavy atom. The average molecular weight is 229 g/mol. The Kier molecular flexibility index (Phi) is 2.68. The van der Waals surface area contributed by atoms with Gasteiger partial charge in [-0.25, -0.2) is 0 Å². The minimum atomic E-state index is -0.986. The molecule has 0 saturated heterocycles.